The Balaban J connectivity index is 1.13. The van der Waals surface area contributed by atoms with Gasteiger partial charge < -0.3 is 0 Å². The third kappa shape index (κ3) is 5.25. The van der Waals surface area contributed by atoms with Crippen LogP contribution in [0.1, 0.15) is 0 Å². The standard InChI is InChI=1S/C47H29N3S/c1-2-10-30(11-3-1)31-20-22-32(23-21-31)35-26-24-33-25-27-36(29-37(33)28-35)45-48-46(41-17-8-13-34-12-4-5-14-38(34)41)50-47(49-45)42-18-9-16-40-39-15-6-7-19-43(39)51-44(40)42/h1-29H. The van der Waals surface area contributed by atoms with Gasteiger partial charge in [0.25, 0.3) is 0 Å². The number of rotatable bonds is 5. The smallest absolute Gasteiger partial charge is 0.165 e. The molecule has 0 aliphatic carbocycles. The third-order valence-electron chi connectivity index (χ3n) is 9.73. The zero-order valence-corrected chi connectivity index (χ0v) is 28.3. The van der Waals surface area contributed by atoms with Crippen molar-refractivity contribution in [2.45, 2.75) is 0 Å². The summed E-state index contributed by atoms with van der Waals surface area (Å²) in [5, 5.41) is 7.05. The predicted molar refractivity (Wildman–Crippen MR) is 215 cm³/mol. The van der Waals surface area contributed by atoms with Crippen LogP contribution in [-0.2, 0) is 0 Å². The molecule has 2 heterocycles. The summed E-state index contributed by atoms with van der Waals surface area (Å²) in [6, 6.07) is 62.3. The van der Waals surface area contributed by atoms with Gasteiger partial charge in [0.2, 0.25) is 0 Å². The van der Waals surface area contributed by atoms with E-state index in [0.717, 1.165) is 32.8 Å². The van der Waals surface area contributed by atoms with Gasteiger partial charge in [-0.05, 0) is 68.1 Å². The molecule has 8 aromatic carbocycles. The van der Waals surface area contributed by atoms with Gasteiger partial charge in [-0.15, -0.1) is 11.3 Å². The topological polar surface area (TPSA) is 38.7 Å². The average molecular weight is 668 g/mol. The molecule has 0 atom stereocenters. The Bertz CT molecular complexity index is 2900. The summed E-state index contributed by atoms with van der Waals surface area (Å²) >= 11 is 1.79. The van der Waals surface area contributed by atoms with E-state index in [4.69, 9.17) is 15.0 Å². The van der Waals surface area contributed by atoms with Gasteiger partial charge in [0.1, 0.15) is 0 Å². The highest BCUT2D eigenvalue weighted by molar-refractivity contribution is 7.26. The molecule has 0 saturated heterocycles. The summed E-state index contributed by atoms with van der Waals surface area (Å²) in [4.78, 5) is 15.6. The van der Waals surface area contributed by atoms with E-state index in [2.05, 4.69) is 176 Å². The number of benzene rings is 8. The van der Waals surface area contributed by atoms with Crippen molar-refractivity contribution in [2.24, 2.45) is 0 Å². The summed E-state index contributed by atoms with van der Waals surface area (Å²) in [5.41, 5.74) is 7.73. The van der Waals surface area contributed by atoms with Crippen LogP contribution in [0, 0.1) is 0 Å². The molecule has 0 bridgehead atoms. The van der Waals surface area contributed by atoms with Crippen LogP contribution in [0.4, 0.5) is 0 Å². The molecular formula is C47H29N3S. The first-order chi connectivity index (χ1) is 25.2. The highest BCUT2D eigenvalue weighted by Crippen LogP contribution is 2.40. The first-order valence-corrected chi connectivity index (χ1v) is 17.9. The molecule has 0 spiro atoms. The Morgan fingerprint density at radius 1 is 0.314 bits per heavy atom. The van der Waals surface area contributed by atoms with E-state index >= 15 is 0 Å². The molecule has 4 heteroatoms. The van der Waals surface area contributed by atoms with Gasteiger partial charge in [0.15, 0.2) is 17.5 Å². The van der Waals surface area contributed by atoms with Gasteiger partial charge >= 0.3 is 0 Å². The van der Waals surface area contributed by atoms with Crippen LogP contribution < -0.4 is 0 Å². The molecule has 0 aliphatic rings. The van der Waals surface area contributed by atoms with Gasteiger partial charge in [-0.3, -0.25) is 0 Å². The SMILES string of the molecule is c1ccc(-c2ccc(-c3ccc4ccc(-c5nc(-c6cccc7ccccc67)nc(-c6cccc7c6sc6ccccc67)n5)cc4c3)cc2)cc1. The van der Waals surface area contributed by atoms with E-state index < -0.39 is 0 Å². The summed E-state index contributed by atoms with van der Waals surface area (Å²) in [6.45, 7) is 0. The van der Waals surface area contributed by atoms with E-state index in [0.29, 0.717) is 17.5 Å². The average Bonchev–Trinajstić information content (AvgIpc) is 3.59. The minimum atomic E-state index is 0.653. The molecular weight excluding hydrogens is 639 g/mol. The van der Waals surface area contributed by atoms with Crippen LogP contribution in [0.3, 0.4) is 0 Å². The maximum absolute atomic E-state index is 5.21. The van der Waals surface area contributed by atoms with Crippen molar-refractivity contribution in [1.29, 1.82) is 0 Å². The first-order valence-electron chi connectivity index (χ1n) is 17.1. The second kappa shape index (κ2) is 12.1. The van der Waals surface area contributed by atoms with Crippen LogP contribution >= 0.6 is 11.3 Å². The Morgan fingerprint density at radius 2 is 0.863 bits per heavy atom. The largest absolute Gasteiger partial charge is 0.208 e. The molecule has 3 nitrogen and oxygen atoms in total. The molecule has 0 amide bonds. The Hall–Kier alpha value is -6.49. The number of hydrogen-bond acceptors (Lipinski definition) is 4. The second-order valence-electron chi connectivity index (χ2n) is 12.8. The summed E-state index contributed by atoms with van der Waals surface area (Å²) < 4.78 is 2.43. The number of hydrogen-bond donors (Lipinski definition) is 0. The van der Waals surface area contributed by atoms with E-state index in [9.17, 15) is 0 Å². The van der Waals surface area contributed by atoms with Crippen molar-refractivity contribution in [2.75, 3.05) is 0 Å². The molecule has 10 rings (SSSR count). The quantitative estimate of drug-likeness (QED) is 0.183. The lowest BCUT2D eigenvalue weighted by Crippen LogP contribution is -2.00. The molecule has 0 fully saturated rings. The minimum Gasteiger partial charge on any atom is -0.208 e. The fourth-order valence-corrected chi connectivity index (χ4v) is 8.35. The fourth-order valence-electron chi connectivity index (χ4n) is 7.14. The molecule has 0 N–H and O–H groups in total. The number of fused-ring (bicyclic) bond motifs is 5. The number of nitrogens with zero attached hydrogens (tertiary/aromatic N) is 3. The highest BCUT2D eigenvalue weighted by Gasteiger charge is 2.18. The lowest BCUT2D eigenvalue weighted by atomic mass is 9.97. The molecule has 0 radical (unpaired) electrons. The lowest BCUT2D eigenvalue weighted by molar-refractivity contribution is 1.08. The van der Waals surface area contributed by atoms with Crippen LogP contribution in [0.15, 0.2) is 176 Å². The maximum Gasteiger partial charge on any atom is 0.165 e. The van der Waals surface area contributed by atoms with Crippen LogP contribution in [-0.4, -0.2) is 15.0 Å². The van der Waals surface area contributed by atoms with Crippen molar-refractivity contribution in [3.05, 3.63) is 176 Å². The van der Waals surface area contributed by atoms with E-state index in [-0.39, 0.29) is 0 Å². The highest BCUT2D eigenvalue weighted by atomic mass is 32.1. The predicted octanol–water partition coefficient (Wildman–Crippen LogP) is 12.9. The van der Waals surface area contributed by atoms with Gasteiger partial charge in [-0.2, -0.15) is 0 Å². The Labute approximate surface area is 299 Å². The molecule has 0 saturated carbocycles. The Morgan fingerprint density at radius 3 is 1.71 bits per heavy atom. The fraction of sp³-hybridized carbons (Fsp3) is 0. The molecule has 238 valence electrons. The lowest BCUT2D eigenvalue weighted by Gasteiger charge is -2.12. The zero-order valence-electron chi connectivity index (χ0n) is 27.5. The van der Waals surface area contributed by atoms with Crippen molar-refractivity contribution < 1.29 is 0 Å². The zero-order chi connectivity index (χ0) is 33.7. The van der Waals surface area contributed by atoms with Gasteiger partial charge in [0.05, 0.1) is 0 Å². The first kappa shape index (κ1) is 29.4. The third-order valence-corrected chi connectivity index (χ3v) is 11.0. The maximum atomic E-state index is 5.21. The Kier molecular flexibility index (Phi) is 7.00. The molecule has 0 unspecified atom stereocenters. The van der Waals surface area contributed by atoms with Crippen LogP contribution in [0.5, 0.6) is 0 Å². The molecule has 2 aromatic heterocycles. The summed E-state index contributed by atoms with van der Waals surface area (Å²) in [6.07, 6.45) is 0. The van der Waals surface area contributed by atoms with Crippen molar-refractivity contribution in [3.8, 4) is 56.4 Å². The van der Waals surface area contributed by atoms with Gasteiger partial charge in [-0.25, -0.2) is 15.0 Å². The van der Waals surface area contributed by atoms with Gasteiger partial charge in [-0.1, -0.05) is 152 Å². The second-order valence-corrected chi connectivity index (χ2v) is 13.9. The summed E-state index contributed by atoms with van der Waals surface area (Å²) in [7, 11) is 0. The van der Waals surface area contributed by atoms with E-state index in [1.54, 1.807) is 11.3 Å². The molecule has 0 aliphatic heterocycles. The van der Waals surface area contributed by atoms with Crippen molar-refractivity contribution in [3.63, 3.8) is 0 Å². The van der Waals surface area contributed by atoms with Crippen LogP contribution in [0.2, 0.25) is 0 Å². The number of thiophene rings is 1. The summed E-state index contributed by atoms with van der Waals surface area (Å²) in [5.74, 6) is 1.99. The van der Waals surface area contributed by atoms with E-state index in [1.807, 2.05) is 0 Å². The van der Waals surface area contributed by atoms with Crippen molar-refractivity contribution >= 4 is 53.1 Å². The molecule has 51 heavy (non-hydrogen) atoms. The molecule has 10 aromatic rings. The van der Waals surface area contributed by atoms with Crippen molar-refractivity contribution in [1.82, 2.24) is 15.0 Å². The van der Waals surface area contributed by atoms with E-state index in [1.165, 1.54) is 47.8 Å². The minimum absolute atomic E-state index is 0.653. The van der Waals surface area contributed by atoms with Crippen LogP contribution in [0.25, 0.3) is 98.1 Å². The number of aromatic nitrogens is 3. The monoisotopic (exact) mass is 667 g/mol. The van der Waals surface area contributed by atoms with Gasteiger partial charge in [0, 0.05) is 36.9 Å². The normalized spacial score (nSPS) is 11.5.